The van der Waals surface area contributed by atoms with E-state index in [9.17, 15) is 13.2 Å². The minimum atomic E-state index is -3.24. The first-order chi connectivity index (χ1) is 8.62. The second-order valence-electron chi connectivity index (χ2n) is 5.80. The molecular formula is C13H28N2O3S. The van der Waals surface area contributed by atoms with E-state index < -0.39 is 10.0 Å². The topological polar surface area (TPSA) is 66.5 Å². The summed E-state index contributed by atoms with van der Waals surface area (Å²) in [5.74, 6) is 0.713. The van der Waals surface area contributed by atoms with E-state index in [2.05, 4.69) is 19.2 Å². The quantitative estimate of drug-likeness (QED) is 0.699. The Bertz CT molecular complexity index is 364. The molecule has 0 bridgehead atoms. The van der Waals surface area contributed by atoms with Crippen LogP contribution in [0, 0.1) is 11.8 Å². The fourth-order valence-electron chi connectivity index (χ4n) is 1.61. The predicted molar refractivity (Wildman–Crippen MR) is 78.3 cm³/mol. The van der Waals surface area contributed by atoms with E-state index in [0.29, 0.717) is 19.0 Å². The summed E-state index contributed by atoms with van der Waals surface area (Å²) in [6.07, 6.45) is 2.34. The van der Waals surface area contributed by atoms with E-state index in [0.717, 1.165) is 6.42 Å². The lowest BCUT2D eigenvalue weighted by Gasteiger charge is -2.21. The van der Waals surface area contributed by atoms with Gasteiger partial charge in [0.2, 0.25) is 15.9 Å². The molecular weight excluding hydrogens is 264 g/mol. The van der Waals surface area contributed by atoms with Crippen LogP contribution in [0.25, 0.3) is 0 Å². The Kier molecular flexibility index (Phi) is 8.25. The molecule has 1 amide bonds. The Hall–Kier alpha value is -0.620. The molecule has 0 aromatic heterocycles. The first-order valence-corrected chi connectivity index (χ1v) is 8.69. The number of nitrogens with one attached hydrogen (secondary N) is 1. The molecule has 0 spiro atoms. The van der Waals surface area contributed by atoms with Crippen LogP contribution in [0.3, 0.4) is 0 Å². The lowest BCUT2D eigenvalue weighted by Crippen LogP contribution is -2.37. The summed E-state index contributed by atoms with van der Waals surface area (Å²) in [5.41, 5.74) is 0. The van der Waals surface area contributed by atoms with E-state index in [4.69, 9.17) is 0 Å². The predicted octanol–water partition coefficient (Wildman–Crippen LogP) is 1.46. The van der Waals surface area contributed by atoms with Crippen molar-refractivity contribution in [2.75, 3.05) is 25.9 Å². The molecule has 0 rings (SSSR count). The molecule has 0 aliphatic carbocycles. The maximum absolute atomic E-state index is 11.6. The summed E-state index contributed by atoms with van der Waals surface area (Å²) in [6.45, 7) is 9.48. The molecule has 5 nitrogen and oxygen atoms in total. The average molecular weight is 292 g/mol. The first kappa shape index (κ1) is 18.4. The first-order valence-electron chi connectivity index (χ1n) is 6.84. The molecule has 114 valence electrons. The summed E-state index contributed by atoms with van der Waals surface area (Å²) in [4.78, 5) is 11.6. The van der Waals surface area contributed by atoms with Crippen LogP contribution >= 0.6 is 0 Å². The summed E-state index contributed by atoms with van der Waals surface area (Å²) < 4.78 is 24.5. The van der Waals surface area contributed by atoms with Gasteiger partial charge in [0.15, 0.2) is 0 Å². The Labute approximate surface area is 117 Å². The number of rotatable bonds is 9. The number of carbonyl (C=O) groups excluding carboxylic acids is 1. The number of sulfonamides is 1. The van der Waals surface area contributed by atoms with Gasteiger partial charge in [-0.15, -0.1) is 0 Å². The van der Waals surface area contributed by atoms with E-state index in [-0.39, 0.29) is 24.8 Å². The molecule has 0 aromatic carbocycles. The van der Waals surface area contributed by atoms with Crippen molar-refractivity contribution < 1.29 is 13.2 Å². The van der Waals surface area contributed by atoms with Gasteiger partial charge >= 0.3 is 0 Å². The third kappa shape index (κ3) is 9.90. The van der Waals surface area contributed by atoms with E-state index in [1.165, 1.54) is 10.6 Å². The van der Waals surface area contributed by atoms with Crippen LogP contribution in [0.5, 0.6) is 0 Å². The van der Waals surface area contributed by atoms with Crippen LogP contribution in [0.2, 0.25) is 0 Å². The molecule has 1 N–H and O–H groups in total. The van der Waals surface area contributed by atoms with Crippen LogP contribution < -0.4 is 5.32 Å². The molecule has 0 aliphatic heterocycles. The average Bonchev–Trinajstić information content (AvgIpc) is 2.21. The van der Waals surface area contributed by atoms with Gasteiger partial charge in [-0.25, -0.2) is 12.7 Å². The van der Waals surface area contributed by atoms with Gasteiger partial charge in [0.1, 0.15) is 0 Å². The largest absolute Gasteiger partial charge is 0.356 e. The standard InChI is InChI=1S/C13H28N2O3S/c1-11(2)6-8-14-13(16)7-9-15(10-12(3)4)19(5,17)18/h11-12H,6-10H2,1-5H3,(H,14,16). The van der Waals surface area contributed by atoms with Gasteiger partial charge in [-0.05, 0) is 18.3 Å². The van der Waals surface area contributed by atoms with E-state index in [1.807, 2.05) is 13.8 Å². The summed E-state index contributed by atoms with van der Waals surface area (Å²) in [6, 6.07) is 0. The van der Waals surface area contributed by atoms with Gasteiger partial charge in [0.05, 0.1) is 6.26 Å². The fraction of sp³-hybridized carbons (Fsp3) is 0.923. The molecule has 19 heavy (non-hydrogen) atoms. The van der Waals surface area contributed by atoms with Crippen molar-refractivity contribution in [1.82, 2.24) is 9.62 Å². The number of hydrogen-bond donors (Lipinski definition) is 1. The number of nitrogens with zero attached hydrogens (tertiary/aromatic N) is 1. The smallest absolute Gasteiger partial charge is 0.221 e. The third-order valence-corrected chi connectivity index (χ3v) is 3.94. The maximum atomic E-state index is 11.6. The Morgan fingerprint density at radius 3 is 2.16 bits per heavy atom. The minimum absolute atomic E-state index is 0.0851. The Balaban J connectivity index is 4.14. The van der Waals surface area contributed by atoms with Crippen molar-refractivity contribution in [1.29, 1.82) is 0 Å². The molecule has 6 heteroatoms. The molecule has 0 saturated heterocycles. The molecule has 0 fully saturated rings. The summed E-state index contributed by atoms with van der Waals surface area (Å²) in [5, 5.41) is 2.81. The van der Waals surface area contributed by atoms with E-state index >= 15 is 0 Å². The zero-order valence-electron chi connectivity index (χ0n) is 12.8. The van der Waals surface area contributed by atoms with Gasteiger partial charge in [-0.2, -0.15) is 0 Å². The van der Waals surface area contributed by atoms with Crippen LogP contribution in [0.15, 0.2) is 0 Å². The number of carbonyl (C=O) groups is 1. The highest BCUT2D eigenvalue weighted by Gasteiger charge is 2.18. The lowest BCUT2D eigenvalue weighted by molar-refractivity contribution is -0.121. The summed E-state index contributed by atoms with van der Waals surface area (Å²) >= 11 is 0. The zero-order chi connectivity index (χ0) is 15.1. The fourth-order valence-corrected chi connectivity index (χ4v) is 2.61. The van der Waals surface area contributed by atoms with Crippen LogP contribution in [-0.2, 0) is 14.8 Å². The van der Waals surface area contributed by atoms with Gasteiger partial charge < -0.3 is 5.32 Å². The summed E-state index contributed by atoms with van der Waals surface area (Å²) in [7, 11) is -3.24. The second-order valence-corrected chi connectivity index (χ2v) is 7.78. The van der Waals surface area contributed by atoms with Crippen molar-refractivity contribution in [2.24, 2.45) is 11.8 Å². The lowest BCUT2D eigenvalue weighted by atomic mass is 10.1. The highest BCUT2D eigenvalue weighted by Crippen LogP contribution is 2.05. The molecule has 0 radical (unpaired) electrons. The molecule has 0 heterocycles. The van der Waals surface area contributed by atoms with E-state index in [1.54, 1.807) is 0 Å². The van der Waals surface area contributed by atoms with Gasteiger partial charge in [-0.3, -0.25) is 4.79 Å². The van der Waals surface area contributed by atoms with Crippen molar-refractivity contribution in [3.63, 3.8) is 0 Å². The molecule has 0 saturated carbocycles. The number of hydrogen-bond acceptors (Lipinski definition) is 3. The van der Waals surface area contributed by atoms with Gasteiger partial charge in [0.25, 0.3) is 0 Å². The molecule has 0 unspecified atom stereocenters. The maximum Gasteiger partial charge on any atom is 0.221 e. The van der Waals surface area contributed by atoms with Crippen LogP contribution in [0.4, 0.5) is 0 Å². The SMILES string of the molecule is CC(C)CCNC(=O)CCN(CC(C)C)S(C)(=O)=O. The highest BCUT2D eigenvalue weighted by atomic mass is 32.2. The van der Waals surface area contributed by atoms with Crippen molar-refractivity contribution in [3.05, 3.63) is 0 Å². The molecule has 0 aliphatic rings. The Morgan fingerprint density at radius 1 is 1.16 bits per heavy atom. The minimum Gasteiger partial charge on any atom is -0.356 e. The van der Waals surface area contributed by atoms with Gasteiger partial charge in [-0.1, -0.05) is 27.7 Å². The molecule has 0 atom stereocenters. The monoisotopic (exact) mass is 292 g/mol. The van der Waals surface area contributed by atoms with Crippen molar-refractivity contribution >= 4 is 15.9 Å². The zero-order valence-corrected chi connectivity index (χ0v) is 13.6. The Morgan fingerprint density at radius 2 is 1.74 bits per heavy atom. The number of amides is 1. The van der Waals surface area contributed by atoms with Crippen LogP contribution in [-0.4, -0.2) is 44.5 Å². The van der Waals surface area contributed by atoms with Crippen molar-refractivity contribution in [3.8, 4) is 0 Å². The molecule has 0 aromatic rings. The van der Waals surface area contributed by atoms with Crippen LogP contribution in [0.1, 0.15) is 40.5 Å². The second kappa shape index (κ2) is 8.53. The normalized spacial score (nSPS) is 12.4. The highest BCUT2D eigenvalue weighted by molar-refractivity contribution is 7.88. The van der Waals surface area contributed by atoms with Crippen molar-refractivity contribution in [2.45, 2.75) is 40.5 Å². The van der Waals surface area contributed by atoms with Gasteiger partial charge in [0, 0.05) is 26.1 Å². The third-order valence-electron chi connectivity index (χ3n) is 2.67.